The van der Waals surface area contributed by atoms with Crippen molar-refractivity contribution in [3.05, 3.63) is 64.4 Å². The maximum atomic E-state index is 13.3. The zero-order valence-corrected chi connectivity index (χ0v) is 10.2. The summed E-state index contributed by atoms with van der Waals surface area (Å²) in [6.45, 7) is 0.494. The summed E-state index contributed by atoms with van der Waals surface area (Å²) in [5.41, 5.74) is 1.65. The Hall–Kier alpha value is -1.35. The molecule has 16 heavy (non-hydrogen) atoms. The lowest BCUT2D eigenvalue weighted by Gasteiger charge is -2.07. The highest BCUT2D eigenvalue weighted by Crippen LogP contribution is 2.15. The minimum Gasteiger partial charge on any atom is -0.381 e. The van der Waals surface area contributed by atoms with E-state index in [0.717, 1.165) is 10.2 Å². The smallest absolute Gasteiger partial charge is 0.128 e. The van der Waals surface area contributed by atoms with Crippen LogP contribution in [0.5, 0.6) is 0 Å². The Balaban J connectivity index is 2.02. The van der Waals surface area contributed by atoms with Gasteiger partial charge in [0.2, 0.25) is 0 Å². The second-order valence-electron chi connectivity index (χ2n) is 3.45. The first-order valence-electron chi connectivity index (χ1n) is 4.98. The van der Waals surface area contributed by atoms with Gasteiger partial charge in [-0.3, -0.25) is 0 Å². The predicted molar refractivity (Wildman–Crippen MR) is 67.9 cm³/mol. The molecule has 0 radical (unpaired) electrons. The molecule has 0 saturated heterocycles. The topological polar surface area (TPSA) is 12.0 Å². The van der Waals surface area contributed by atoms with Crippen LogP contribution in [0.15, 0.2) is 53.0 Å². The average molecular weight is 280 g/mol. The third kappa shape index (κ3) is 2.83. The van der Waals surface area contributed by atoms with Gasteiger partial charge >= 0.3 is 0 Å². The van der Waals surface area contributed by atoms with Crippen LogP contribution in [0.3, 0.4) is 0 Å². The lowest BCUT2D eigenvalue weighted by atomic mass is 10.2. The Morgan fingerprint density at radius 2 is 1.69 bits per heavy atom. The molecule has 0 saturated carbocycles. The van der Waals surface area contributed by atoms with E-state index in [1.807, 2.05) is 30.3 Å². The van der Waals surface area contributed by atoms with E-state index in [1.54, 1.807) is 12.1 Å². The van der Waals surface area contributed by atoms with Crippen molar-refractivity contribution in [2.24, 2.45) is 0 Å². The predicted octanol–water partition coefficient (Wildman–Crippen LogP) is 4.20. The fraction of sp³-hybridized carbons (Fsp3) is 0.0769. The number of anilines is 1. The molecule has 0 fully saturated rings. The molecule has 1 N–H and O–H groups in total. The number of benzene rings is 2. The summed E-state index contributed by atoms with van der Waals surface area (Å²) in [6.07, 6.45) is 0. The van der Waals surface area contributed by atoms with E-state index in [-0.39, 0.29) is 5.82 Å². The largest absolute Gasteiger partial charge is 0.381 e. The number of rotatable bonds is 3. The van der Waals surface area contributed by atoms with Gasteiger partial charge in [0, 0.05) is 22.3 Å². The van der Waals surface area contributed by atoms with Gasteiger partial charge in [-0.2, -0.15) is 0 Å². The van der Waals surface area contributed by atoms with Gasteiger partial charge in [0.05, 0.1) is 0 Å². The molecule has 2 aromatic rings. The fourth-order valence-corrected chi connectivity index (χ4v) is 1.67. The van der Waals surface area contributed by atoms with Crippen molar-refractivity contribution in [1.29, 1.82) is 0 Å². The van der Waals surface area contributed by atoms with E-state index < -0.39 is 0 Å². The summed E-state index contributed by atoms with van der Waals surface area (Å²) in [4.78, 5) is 0. The van der Waals surface area contributed by atoms with Gasteiger partial charge < -0.3 is 5.32 Å². The van der Waals surface area contributed by atoms with Crippen LogP contribution in [0.1, 0.15) is 5.56 Å². The van der Waals surface area contributed by atoms with E-state index in [9.17, 15) is 4.39 Å². The van der Waals surface area contributed by atoms with Gasteiger partial charge in [-0.1, -0.05) is 34.1 Å². The Morgan fingerprint density at radius 3 is 2.38 bits per heavy atom. The zero-order chi connectivity index (χ0) is 11.4. The molecule has 0 aliphatic carbocycles. The lowest BCUT2D eigenvalue weighted by molar-refractivity contribution is 0.613. The van der Waals surface area contributed by atoms with Crippen molar-refractivity contribution in [3.63, 3.8) is 0 Å². The third-order valence-corrected chi connectivity index (χ3v) is 2.81. The van der Waals surface area contributed by atoms with Crippen LogP contribution in [-0.4, -0.2) is 0 Å². The first-order valence-corrected chi connectivity index (χ1v) is 5.78. The lowest BCUT2D eigenvalue weighted by Crippen LogP contribution is -2.01. The molecule has 0 atom stereocenters. The second kappa shape index (κ2) is 5.12. The van der Waals surface area contributed by atoms with Gasteiger partial charge in [-0.15, -0.1) is 0 Å². The molecule has 0 aliphatic heterocycles. The van der Waals surface area contributed by atoms with Crippen LogP contribution in [0.2, 0.25) is 0 Å². The number of hydrogen-bond donors (Lipinski definition) is 1. The molecule has 0 bridgehead atoms. The van der Waals surface area contributed by atoms with Crippen LogP contribution in [-0.2, 0) is 6.54 Å². The summed E-state index contributed by atoms with van der Waals surface area (Å²) in [5.74, 6) is -0.174. The molecule has 0 spiro atoms. The molecular weight excluding hydrogens is 269 g/mol. The maximum absolute atomic E-state index is 13.3. The molecule has 0 heterocycles. The Labute approximate surface area is 102 Å². The van der Waals surface area contributed by atoms with Gasteiger partial charge in [-0.05, 0) is 30.3 Å². The summed E-state index contributed by atoms with van der Waals surface area (Å²) in [6, 6.07) is 14.6. The molecule has 0 aliphatic rings. The third-order valence-electron chi connectivity index (χ3n) is 2.29. The quantitative estimate of drug-likeness (QED) is 0.888. The van der Waals surface area contributed by atoms with E-state index in [0.29, 0.717) is 12.1 Å². The van der Waals surface area contributed by atoms with Gasteiger partial charge in [0.25, 0.3) is 0 Å². The van der Waals surface area contributed by atoms with Crippen LogP contribution in [0.25, 0.3) is 0 Å². The van der Waals surface area contributed by atoms with Gasteiger partial charge in [0.1, 0.15) is 5.82 Å². The van der Waals surface area contributed by atoms with Crippen LogP contribution < -0.4 is 5.32 Å². The van der Waals surface area contributed by atoms with Crippen molar-refractivity contribution in [2.45, 2.75) is 6.54 Å². The normalized spacial score (nSPS) is 10.1. The first-order chi connectivity index (χ1) is 7.75. The highest BCUT2D eigenvalue weighted by atomic mass is 79.9. The molecule has 0 amide bonds. The minimum atomic E-state index is -0.174. The standard InChI is InChI=1S/C13H11BrFN/c14-11-5-7-12(8-6-11)16-9-10-3-1-2-4-13(10)15/h1-8,16H,9H2. The molecule has 2 aromatic carbocycles. The summed E-state index contributed by atoms with van der Waals surface area (Å²) < 4.78 is 14.3. The summed E-state index contributed by atoms with van der Waals surface area (Å²) >= 11 is 3.37. The van der Waals surface area contributed by atoms with Crippen LogP contribution in [0.4, 0.5) is 10.1 Å². The van der Waals surface area contributed by atoms with E-state index in [4.69, 9.17) is 0 Å². The second-order valence-corrected chi connectivity index (χ2v) is 4.37. The monoisotopic (exact) mass is 279 g/mol. The molecule has 1 nitrogen and oxygen atoms in total. The SMILES string of the molecule is Fc1ccccc1CNc1ccc(Br)cc1. The minimum absolute atomic E-state index is 0.174. The molecule has 2 rings (SSSR count). The molecular formula is C13H11BrFN. The van der Waals surface area contributed by atoms with Crippen molar-refractivity contribution in [2.75, 3.05) is 5.32 Å². The first kappa shape index (κ1) is 11.1. The number of hydrogen-bond acceptors (Lipinski definition) is 1. The van der Waals surface area contributed by atoms with E-state index >= 15 is 0 Å². The highest BCUT2D eigenvalue weighted by molar-refractivity contribution is 9.10. The van der Waals surface area contributed by atoms with Crippen molar-refractivity contribution < 1.29 is 4.39 Å². The van der Waals surface area contributed by atoms with Crippen LogP contribution in [0, 0.1) is 5.82 Å². The maximum Gasteiger partial charge on any atom is 0.128 e. The molecule has 82 valence electrons. The Kier molecular flexibility index (Phi) is 3.57. The Morgan fingerprint density at radius 1 is 1.00 bits per heavy atom. The molecule has 0 aromatic heterocycles. The number of nitrogens with one attached hydrogen (secondary N) is 1. The average Bonchev–Trinajstić information content (AvgIpc) is 2.30. The van der Waals surface area contributed by atoms with Crippen molar-refractivity contribution >= 4 is 21.6 Å². The summed E-state index contributed by atoms with van der Waals surface area (Å²) in [7, 11) is 0. The zero-order valence-electron chi connectivity index (χ0n) is 8.58. The van der Waals surface area contributed by atoms with Crippen molar-refractivity contribution in [3.8, 4) is 0 Å². The summed E-state index contributed by atoms with van der Waals surface area (Å²) in [5, 5.41) is 3.17. The number of halogens is 2. The van der Waals surface area contributed by atoms with Gasteiger partial charge in [0.15, 0.2) is 0 Å². The van der Waals surface area contributed by atoms with E-state index in [2.05, 4.69) is 21.2 Å². The van der Waals surface area contributed by atoms with Crippen molar-refractivity contribution in [1.82, 2.24) is 0 Å². The highest BCUT2D eigenvalue weighted by Gasteiger charge is 1.99. The van der Waals surface area contributed by atoms with E-state index in [1.165, 1.54) is 6.07 Å². The van der Waals surface area contributed by atoms with Crippen LogP contribution >= 0.6 is 15.9 Å². The Bertz CT molecular complexity index is 468. The fourth-order valence-electron chi connectivity index (χ4n) is 1.41. The van der Waals surface area contributed by atoms with Gasteiger partial charge in [-0.25, -0.2) is 4.39 Å². The molecule has 3 heteroatoms. The molecule has 0 unspecified atom stereocenters.